The van der Waals surface area contributed by atoms with Gasteiger partial charge in [0.15, 0.2) is 0 Å². The van der Waals surface area contributed by atoms with Crippen molar-refractivity contribution in [2.24, 2.45) is 0 Å². The molecule has 0 amide bonds. The lowest BCUT2D eigenvalue weighted by atomic mass is 10.1. The van der Waals surface area contributed by atoms with Gasteiger partial charge in [0, 0.05) is 19.2 Å². The second kappa shape index (κ2) is 5.11. The van der Waals surface area contributed by atoms with E-state index < -0.39 is 0 Å². The van der Waals surface area contributed by atoms with Gasteiger partial charge in [-0.25, -0.2) is 0 Å². The number of nitrogens with one attached hydrogen (secondary N) is 1. The minimum Gasteiger partial charge on any atom is -0.380 e. The van der Waals surface area contributed by atoms with Crippen LogP contribution >= 0.6 is 0 Å². The summed E-state index contributed by atoms with van der Waals surface area (Å²) in [6.07, 6.45) is 1.09. The molecule has 5 heteroatoms. The van der Waals surface area contributed by atoms with Gasteiger partial charge in [0.2, 0.25) is 11.7 Å². The SMILES string of the molecule is CO[C@@H]1CN[C@@H](c2nc(-c3ccccc3C)no2)C1. The van der Waals surface area contributed by atoms with E-state index in [0.717, 1.165) is 24.1 Å². The van der Waals surface area contributed by atoms with Crippen molar-refractivity contribution in [1.29, 1.82) is 0 Å². The van der Waals surface area contributed by atoms with E-state index in [1.54, 1.807) is 7.11 Å². The summed E-state index contributed by atoms with van der Waals surface area (Å²) in [5.74, 6) is 1.29. The molecule has 0 aliphatic carbocycles. The van der Waals surface area contributed by atoms with Crippen LogP contribution < -0.4 is 5.32 Å². The lowest BCUT2D eigenvalue weighted by Crippen LogP contribution is -2.16. The van der Waals surface area contributed by atoms with Crippen LogP contribution in [0.15, 0.2) is 28.8 Å². The van der Waals surface area contributed by atoms with Gasteiger partial charge in [-0.15, -0.1) is 0 Å². The van der Waals surface area contributed by atoms with Crippen molar-refractivity contribution in [3.05, 3.63) is 35.7 Å². The summed E-state index contributed by atoms with van der Waals surface area (Å²) in [6.45, 7) is 2.86. The fourth-order valence-corrected chi connectivity index (χ4v) is 2.38. The number of aromatic nitrogens is 2. The molecule has 2 heterocycles. The van der Waals surface area contributed by atoms with Crippen LogP contribution in [0.3, 0.4) is 0 Å². The highest BCUT2D eigenvalue weighted by Gasteiger charge is 2.29. The predicted molar refractivity (Wildman–Crippen MR) is 70.6 cm³/mol. The smallest absolute Gasteiger partial charge is 0.244 e. The number of aryl methyl sites for hydroxylation is 1. The summed E-state index contributed by atoms with van der Waals surface area (Å²) in [7, 11) is 1.72. The van der Waals surface area contributed by atoms with E-state index in [9.17, 15) is 0 Å². The maximum atomic E-state index is 5.37. The maximum Gasteiger partial charge on any atom is 0.244 e. The molecule has 0 unspecified atom stereocenters. The third-order valence-corrected chi connectivity index (χ3v) is 3.55. The second-order valence-electron chi connectivity index (χ2n) is 4.83. The third-order valence-electron chi connectivity index (χ3n) is 3.55. The fraction of sp³-hybridized carbons (Fsp3) is 0.429. The average Bonchev–Trinajstić information content (AvgIpc) is 3.08. The zero-order chi connectivity index (χ0) is 13.2. The van der Waals surface area contributed by atoms with E-state index in [1.807, 2.05) is 31.2 Å². The highest BCUT2D eigenvalue weighted by molar-refractivity contribution is 5.58. The third kappa shape index (κ3) is 2.39. The minimum atomic E-state index is 0.0928. The summed E-state index contributed by atoms with van der Waals surface area (Å²) in [5, 5.41) is 7.41. The average molecular weight is 259 g/mol. The van der Waals surface area contributed by atoms with Gasteiger partial charge in [-0.2, -0.15) is 4.98 Å². The van der Waals surface area contributed by atoms with Crippen molar-refractivity contribution in [3.8, 4) is 11.4 Å². The van der Waals surface area contributed by atoms with Gasteiger partial charge in [-0.1, -0.05) is 29.4 Å². The Morgan fingerprint density at radius 1 is 1.37 bits per heavy atom. The van der Waals surface area contributed by atoms with Crippen molar-refractivity contribution in [1.82, 2.24) is 15.5 Å². The zero-order valence-electron chi connectivity index (χ0n) is 11.1. The summed E-state index contributed by atoms with van der Waals surface area (Å²) in [4.78, 5) is 4.50. The minimum absolute atomic E-state index is 0.0928. The molecule has 1 fully saturated rings. The first-order valence-corrected chi connectivity index (χ1v) is 6.43. The predicted octanol–water partition coefficient (Wildman–Crippen LogP) is 2.09. The lowest BCUT2D eigenvalue weighted by molar-refractivity contribution is 0.116. The standard InChI is InChI=1S/C14H17N3O2/c1-9-5-3-4-6-11(9)13-16-14(19-17-13)12-7-10(18-2)8-15-12/h3-6,10,12,15H,7-8H2,1-2H3/t10-,12+/m0/s1. The Labute approximate surface area is 112 Å². The van der Waals surface area contributed by atoms with Crippen LogP contribution in [0.5, 0.6) is 0 Å². The number of ether oxygens (including phenoxy) is 1. The highest BCUT2D eigenvalue weighted by Crippen LogP contribution is 2.26. The van der Waals surface area contributed by atoms with Gasteiger partial charge in [0.25, 0.3) is 0 Å². The van der Waals surface area contributed by atoms with Crippen molar-refractivity contribution in [2.75, 3.05) is 13.7 Å². The largest absolute Gasteiger partial charge is 0.380 e. The molecule has 0 radical (unpaired) electrons. The van der Waals surface area contributed by atoms with Crippen molar-refractivity contribution >= 4 is 0 Å². The van der Waals surface area contributed by atoms with E-state index in [1.165, 1.54) is 0 Å². The number of rotatable bonds is 3. The van der Waals surface area contributed by atoms with E-state index in [4.69, 9.17) is 9.26 Å². The zero-order valence-corrected chi connectivity index (χ0v) is 11.1. The Hall–Kier alpha value is -1.72. The molecular weight excluding hydrogens is 242 g/mol. The normalized spacial score (nSPS) is 22.8. The van der Waals surface area contributed by atoms with Gasteiger partial charge in [-0.05, 0) is 18.9 Å². The quantitative estimate of drug-likeness (QED) is 0.914. The monoisotopic (exact) mass is 259 g/mol. The molecular formula is C14H17N3O2. The summed E-state index contributed by atoms with van der Waals surface area (Å²) < 4.78 is 10.7. The number of benzene rings is 1. The Morgan fingerprint density at radius 2 is 2.21 bits per heavy atom. The molecule has 1 saturated heterocycles. The second-order valence-corrected chi connectivity index (χ2v) is 4.83. The first-order chi connectivity index (χ1) is 9.28. The molecule has 0 spiro atoms. The van der Waals surface area contributed by atoms with Gasteiger partial charge in [-0.3, -0.25) is 0 Å². The molecule has 19 heavy (non-hydrogen) atoms. The molecule has 0 bridgehead atoms. The fourth-order valence-electron chi connectivity index (χ4n) is 2.38. The van der Waals surface area contributed by atoms with Crippen molar-refractivity contribution < 1.29 is 9.26 Å². The number of hydrogen-bond donors (Lipinski definition) is 1. The van der Waals surface area contributed by atoms with Crippen LogP contribution in [0.4, 0.5) is 0 Å². The highest BCUT2D eigenvalue weighted by atomic mass is 16.5. The molecule has 1 aliphatic heterocycles. The molecule has 3 rings (SSSR count). The Morgan fingerprint density at radius 3 is 2.95 bits per heavy atom. The van der Waals surface area contributed by atoms with E-state index >= 15 is 0 Å². The summed E-state index contributed by atoms with van der Waals surface area (Å²) in [6, 6.07) is 8.12. The van der Waals surface area contributed by atoms with Crippen molar-refractivity contribution in [3.63, 3.8) is 0 Å². The lowest BCUT2D eigenvalue weighted by Gasteiger charge is -2.04. The van der Waals surface area contributed by atoms with Crippen LogP contribution in [-0.2, 0) is 4.74 Å². The van der Waals surface area contributed by atoms with E-state index in [-0.39, 0.29) is 12.1 Å². The maximum absolute atomic E-state index is 5.37. The van der Waals surface area contributed by atoms with Crippen LogP contribution in [0.2, 0.25) is 0 Å². The Balaban J connectivity index is 1.82. The van der Waals surface area contributed by atoms with Crippen LogP contribution in [0, 0.1) is 6.92 Å². The number of hydrogen-bond acceptors (Lipinski definition) is 5. The molecule has 1 aliphatic rings. The first kappa shape index (κ1) is 12.3. The van der Waals surface area contributed by atoms with Crippen molar-refractivity contribution in [2.45, 2.75) is 25.5 Å². The van der Waals surface area contributed by atoms with Gasteiger partial charge in [0.1, 0.15) is 0 Å². The molecule has 2 aromatic rings. The van der Waals surface area contributed by atoms with E-state index in [0.29, 0.717) is 11.7 Å². The molecule has 100 valence electrons. The molecule has 0 saturated carbocycles. The molecule has 1 N–H and O–H groups in total. The van der Waals surface area contributed by atoms with Crippen LogP contribution in [-0.4, -0.2) is 29.9 Å². The number of methoxy groups -OCH3 is 1. The Kier molecular flexibility index (Phi) is 3.31. The molecule has 1 aromatic carbocycles. The molecule has 1 aromatic heterocycles. The van der Waals surface area contributed by atoms with Crippen LogP contribution in [0.1, 0.15) is 23.9 Å². The first-order valence-electron chi connectivity index (χ1n) is 6.43. The number of nitrogens with zero attached hydrogens (tertiary/aromatic N) is 2. The summed E-state index contributed by atoms with van der Waals surface area (Å²) in [5.41, 5.74) is 2.16. The van der Waals surface area contributed by atoms with E-state index in [2.05, 4.69) is 15.5 Å². The summed E-state index contributed by atoms with van der Waals surface area (Å²) >= 11 is 0. The molecule has 5 nitrogen and oxygen atoms in total. The van der Waals surface area contributed by atoms with Gasteiger partial charge < -0.3 is 14.6 Å². The van der Waals surface area contributed by atoms with Crippen LogP contribution in [0.25, 0.3) is 11.4 Å². The topological polar surface area (TPSA) is 60.2 Å². The molecule has 2 atom stereocenters. The van der Waals surface area contributed by atoms with Gasteiger partial charge >= 0.3 is 0 Å². The van der Waals surface area contributed by atoms with Gasteiger partial charge in [0.05, 0.1) is 12.1 Å². The Bertz CT molecular complexity index is 567.